The van der Waals surface area contributed by atoms with Crippen molar-refractivity contribution < 1.29 is 23.8 Å². The predicted octanol–water partition coefficient (Wildman–Crippen LogP) is 0.472. The maximum atomic E-state index is 12.0. The Labute approximate surface area is 151 Å². The third kappa shape index (κ3) is 4.57. The molecule has 25 heavy (non-hydrogen) atoms. The molecule has 1 fully saturated rings. The quantitative estimate of drug-likeness (QED) is 0.526. The van der Waals surface area contributed by atoms with Gasteiger partial charge in [0.05, 0.1) is 4.83 Å². The average Bonchev–Trinajstić information content (AvgIpc) is 2.88. The number of nitrogens with zero attached hydrogens (tertiary/aromatic N) is 1. The van der Waals surface area contributed by atoms with Crippen LogP contribution in [-0.2, 0) is 23.8 Å². The summed E-state index contributed by atoms with van der Waals surface area (Å²) in [4.78, 5) is 47.8. The molecule has 0 aliphatic carbocycles. The molecule has 4 atom stereocenters. The van der Waals surface area contributed by atoms with Gasteiger partial charge in [0.1, 0.15) is 18.8 Å². The molecule has 0 amide bonds. The second-order valence-electron chi connectivity index (χ2n) is 5.37. The molecule has 138 valence electrons. The number of carbonyl (C=O) groups excluding carboxylic acids is 2. The number of hydrogen-bond acceptors (Lipinski definition) is 7. The van der Waals surface area contributed by atoms with Crippen LogP contribution in [0.25, 0.3) is 0 Å². The lowest BCUT2D eigenvalue weighted by atomic mass is 10.2. The number of aromatic amines is 1. The lowest BCUT2D eigenvalue weighted by molar-refractivity contribution is -0.157. The standard InChI is InChI=1S/C15H19BrN2O7/c1-3-10(20)23-7-8-13(25-11(21)4-2)12(16)14(24-8)18-6-5-9(19)17-15(18)22/h5-6,8,12-14H,3-4,7H2,1-2H3,(H,17,19,22)/t8-,12+,13+,14-/m0/s1. The van der Waals surface area contributed by atoms with E-state index in [0.29, 0.717) is 0 Å². The van der Waals surface area contributed by atoms with Crippen molar-refractivity contribution in [3.05, 3.63) is 33.1 Å². The van der Waals surface area contributed by atoms with Crippen molar-refractivity contribution in [2.75, 3.05) is 6.61 Å². The molecule has 0 aromatic carbocycles. The molecule has 10 heteroatoms. The monoisotopic (exact) mass is 418 g/mol. The number of esters is 2. The Balaban J connectivity index is 2.25. The lowest BCUT2D eigenvalue weighted by Crippen LogP contribution is -2.37. The number of nitrogens with one attached hydrogen (secondary N) is 1. The molecule has 0 unspecified atom stereocenters. The molecule has 1 aliphatic rings. The molecule has 0 radical (unpaired) electrons. The smallest absolute Gasteiger partial charge is 0.330 e. The van der Waals surface area contributed by atoms with Crippen LogP contribution in [0.1, 0.15) is 32.9 Å². The van der Waals surface area contributed by atoms with Crippen molar-refractivity contribution >= 4 is 27.9 Å². The summed E-state index contributed by atoms with van der Waals surface area (Å²) < 4.78 is 17.4. The third-order valence-corrected chi connectivity index (χ3v) is 4.62. The number of H-pyrrole nitrogens is 1. The number of ether oxygens (including phenoxy) is 3. The Hall–Kier alpha value is -1.94. The minimum absolute atomic E-state index is 0.120. The average molecular weight is 419 g/mol. The summed E-state index contributed by atoms with van der Waals surface area (Å²) in [6, 6.07) is 1.18. The van der Waals surface area contributed by atoms with E-state index >= 15 is 0 Å². The number of alkyl halides is 1. The van der Waals surface area contributed by atoms with Crippen LogP contribution < -0.4 is 11.2 Å². The van der Waals surface area contributed by atoms with Crippen LogP contribution in [0, 0.1) is 0 Å². The van der Waals surface area contributed by atoms with Crippen LogP contribution in [0.15, 0.2) is 21.9 Å². The first kappa shape index (κ1) is 19.4. The SMILES string of the molecule is CCC(=O)OC[C@@H]1O[C@H](n2ccc(=O)[nH]c2=O)[C@H](Br)[C@@H]1OC(=O)CC. The van der Waals surface area contributed by atoms with Crippen LogP contribution in [0.4, 0.5) is 0 Å². The summed E-state index contributed by atoms with van der Waals surface area (Å²) in [7, 11) is 0. The Morgan fingerprint density at radius 1 is 1.28 bits per heavy atom. The Kier molecular flexibility index (Phi) is 6.54. The molecule has 2 rings (SSSR count). The van der Waals surface area contributed by atoms with E-state index < -0.39 is 46.5 Å². The molecule has 1 saturated heterocycles. The summed E-state index contributed by atoms with van der Waals surface area (Å²) in [5, 5.41) is 0. The van der Waals surface area contributed by atoms with Gasteiger partial charge in [-0.25, -0.2) is 4.79 Å². The normalized spacial score (nSPS) is 25.6. The van der Waals surface area contributed by atoms with Crippen molar-refractivity contribution in [1.82, 2.24) is 9.55 Å². The molecule has 1 aromatic heterocycles. The van der Waals surface area contributed by atoms with Gasteiger partial charge in [0.15, 0.2) is 6.23 Å². The zero-order valence-corrected chi connectivity index (χ0v) is 15.4. The number of halogens is 1. The van der Waals surface area contributed by atoms with Crippen molar-refractivity contribution in [2.45, 2.75) is 50.0 Å². The molecule has 9 nitrogen and oxygen atoms in total. The number of aromatic nitrogens is 2. The van der Waals surface area contributed by atoms with Crippen molar-refractivity contribution in [3.63, 3.8) is 0 Å². The van der Waals surface area contributed by atoms with E-state index in [9.17, 15) is 19.2 Å². The first-order valence-electron chi connectivity index (χ1n) is 7.83. The van der Waals surface area contributed by atoms with E-state index in [1.165, 1.54) is 16.8 Å². The minimum atomic E-state index is -0.843. The fourth-order valence-corrected chi connectivity index (χ4v) is 3.16. The summed E-state index contributed by atoms with van der Waals surface area (Å²) in [6.45, 7) is 3.19. The topological polar surface area (TPSA) is 117 Å². The largest absolute Gasteiger partial charge is 0.463 e. The number of rotatable bonds is 6. The zero-order chi connectivity index (χ0) is 18.6. The maximum Gasteiger partial charge on any atom is 0.330 e. The van der Waals surface area contributed by atoms with Crippen LogP contribution in [-0.4, -0.2) is 45.1 Å². The molecule has 0 spiro atoms. The Morgan fingerprint density at radius 2 is 1.96 bits per heavy atom. The van der Waals surface area contributed by atoms with Crippen molar-refractivity contribution in [2.24, 2.45) is 0 Å². The highest BCUT2D eigenvalue weighted by molar-refractivity contribution is 9.09. The summed E-state index contributed by atoms with van der Waals surface area (Å²) in [6.07, 6.45) is -0.697. The van der Waals surface area contributed by atoms with E-state index in [1.807, 2.05) is 0 Å². The first-order valence-corrected chi connectivity index (χ1v) is 8.75. The Bertz CT molecular complexity index is 744. The van der Waals surface area contributed by atoms with Gasteiger partial charge in [0.25, 0.3) is 5.56 Å². The van der Waals surface area contributed by atoms with Gasteiger partial charge in [0.2, 0.25) is 0 Å². The Morgan fingerprint density at radius 3 is 2.56 bits per heavy atom. The van der Waals surface area contributed by atoms with Gasteiger partial charge < -0.3 is 14.2 Å². The van der Waals surface area contributed by atoms with Gasteiger partial charge in [-0.1, -0.05) is 29.8 Å². The fraction of sp³-hybridized carbons (Fsp3) is 0.600. The number of carbonyl (C=O) groups is 2. The fourth-order valence-electron chi connectivity index (χ4n) is 2.33. The van der Waals surface area contributed by atoms with Crippen LogP contribution >= 0.6 is 15.9 Å². The van der Waals surface area contributed by atoms with Gasteiger partial charge in [-0.05, 0) is 0 Å². The molecule has 1 aliphatic heterocycles. The highest BCUT2D eigenvalue weighted by atomic mass is 79.9. The lowest BCUT2D eigenvalue weighted by Gasteiger charge is -2.20. The molecular weight excluding hydrogens is 400 g/mol. The van der Waals surface area contributed by atoms with Gasteiger partial charge in [-0.15, -0.1) is 0 Å². The predicted molar refractivity (Wildman–Crippen MR) is 89.4 cm³/mol. The van der Waals surface area contributed by atoms with Gasteiger partial charge in [0, 0.05) is 25.1 Å². The van der Waals surface area contributed by atoms with E-state index in [0.717, 1.165) is 0 Å². The maximum absolute atomic E-state index is 12.0. The molecule has 0 saturated carbocycles. The summed E-state index contributed by atoms with van der Waals surface area (Å²) in [5.74, 6) is -0.862. The van der Waals surface area contributed by atoms with Gasteiger partial charge >= 0.3 is 17.6 Å². The second-order valence-corrected chi connectivity index (χ2v) is 6.43. The van der Waals surface area contributed by atoms with Crippen LogP contribution in [0.2, 0.25) is 0 Å². The molecule has 1 N–H and O–H groups in total. The minimum Gasteiger partial charge on any atom is -0.463 e. The number of hydrogen-bond donors (Lipinski definition) is 1. The molecule has 2 heterocycles. The van der Waals surface area contributed by atoms with E-state index in [4.69, 9.17) is 14.2 Å². The van der Waals surface area contributed by atoms with Gasteiger partial charge in [-0.2, -0.15) is 0 Å². The van der Waals surface area contributed by atoms with E-state index in [1.54, 1.807) is 13.8 Å². The highest BCUT2D eigenvalue weighted by Gasteiger charge is 2.47. The van der Waals surface area contributed by atoms with E-state index in [2.05, 4.69) is 20.9 Å². The molecular formula is C15H19BrN2O7. The van der Waals surface area contributed by atoms with Gasteiger partial charge in [-0.3, -0.25) is 23.9 Å². The summed E-state index contributed by atoms with van der Waals surface area (Å²) >= 11 is 3.39. The molecule has 0 bridgehead atoms. The van der Waals surface area contributed by atoms with E-state index in [-0.39, 0.29) is 19.4 Å². The van der Waals surface area contributed by atoms with Crippen LogP contribution in [0.3, 0.4) is 0 Å². The van der Waals surface area contributed by atoms with Crippen molar-refractivity contribution in [3.8, 4) is 0 Å². The van der Waals surface area contributed by atoms with Crippen molar-refractivity contribution in [1.29, 1.82) is 0 Å². The first-order chi connectivity index (χ1) is 11.9. The third-order valence-electron chi connectivity index (χ3n) is 3.65. The summed E-state index contributed by atoms with van der Waals surface area (Å²) in [5.41, 5.74) is -1.19. The van der Waals surface area contributed by atoms with Crippen LogP contribution in [0.5, 0.6) is 0 Å². The second kappa shape index (κ2) is 8.43. The molecule has 1 aromatic rings. The zero-order valence-electron chi connectivity index (χ0n) is 13.8. The highest BCUT2D eigenvalue weighted by Crippen LogP contribution is 2.36.